The van der Waals surface area contributed by atoms with Crippen molar-refractivity contribution in [2.75, 3.05) is 26.7 Å². The summed E-state index contributed by atoms with van der Waals surface area (Å²) in [6.45, 7) is 3.53. The van der Waals surface area contributed by atoms with Gasteiger partial charge in [0.15, 0.2) is 0 Å². The van der Waals surface area contributed by atoms with Gasteiger partial charge in [-0.3, -0.25) is 9.69 Å². The maximum absolute atomic E-state index is 11.7. The van der Waals surface area contributed by atoms with Gasteiger partial charge in [-0.1, -0.05) is 54.6 Å². The molecule has 3 rings (SSSR count). The second kappa shape index (κ2) is 6.75. The van der Waals surface area contributed by atoms with Crippen molar-refractivity contribution < 1.29 is 4.79 Å². The normalized spacial score (nSPS) is 16.6. The molecule has 3 heteroatoms. The smallest absolute Gasteiger partial charge is 0.223 e. The van der Waals surface area contributed by atoms with Gasteiger partial charge in [0.2, 0.25) is 5.91 Å². The molecule has 1 heterocycles. The summed E-state index contributed by atoms with van der Waals surface area (Å²) in [5.74, 6) is 0.252. The Morgan fingerprint density at radius 1 is 0.864 bits per heavy atom. The zero-order valence-corrected chi connectivity index (χ0v) is 13.0. The molecule has 0 N–H and O–H groups in total. The molecule has 114 valence electrons. The van der Waals surface area contributed by atoms with Crippen LogP contribution < -0.4 is 0 Å². The lowest BCUT2D eigenvalue weighted by molar-refractivity contribution is -0.129. The van der Waals surface area contributed by atoms with Crippen LogP contribution in [0.1, 0.15) is 12.0 Å². The number of hydrogen-bond donors (Lipinski definition) is 0. The molecule has 0 aliphatic carbocycles. The molecule has 1 fully saturated rings. The highest BCUT2D eigenvalue weighted by molar-refractivity contribution is 5.76. The molecule has 0 radical (unpaired) electrons. The van der Waals surface area contributed by atoms with Crippen LogP contribution in [-0.2, 0) is 11.3 Å². The number of nitrogens with zero attached hydrogens (tertiary/aromatic N) is 2. The Labute approximate surface area is 132 Å². The Hall–Kier alpha value is -2.13. The number of amides is 1. The molecule has 0 spiro atoms. The third-order valence-electron chi connectivity index (χ3n) is 4.29. The van der Waals surface area contributed by atoms with Crippen molar-refractivity contribution in [3.8, 4) is 11.1 Å². The first-order valence-corrected chi connectivity index (χ1v) is 7.83. The zero-order valence-electron chi connectivity index (χ0n) is 13.0. The largest absolute Gasteiger partial charge is 0.344 e. The van der Waals surface area contributed by atoms with E-state index in [0.717, 1.165) is 26.2 Å². The van der Waals surface area contributed by atoms with Crippen molar-refractivity contribution in [1.29, 1.82) is 0 Å². The average Bonchev–Trinajstić information content (AvgIpc) is 2.72. The van der Waals surface area contributed by atoms with Crippen molar-refractivity contribution in [3.05, 3.63) is 60.2 Å². The molecular formula is C19H22N2O. The minimum absolute atomic E-state index is 0.252. The standard InChI is InChI=1S/C19H22N2O/c1-20-13-14-21(12-11-19(20)22)15-16-7-9-18(10-8-16)17-5-3-2-4-6-17/h2-10H,11-15H2,1H3. The van der Waals surface area contributed by atoms with E-state index in [2.05, 4.69) is 53.4 Å². The van der Waals surface area contributed by atoms with Crippen molar-refractivity contribution >= 4 is 5.91 Å². The topological polar surface area (TPSA) is 23.6 Å². The molecular weight excluding hydrogens is 272 g/mol. The molecule has 2 aromatic carbocycles. The minimum Gasteiger partial charge on any atom is -0.344 e. The van der Waals surface area contributed by atoms with Crippen LogP contribution in [-0.4, -0.2) is 42.4 Å². The lowest BCUT2D eigenvalue weighted by Crippen LogP contribution is -2.29. The Morgan fingerprint density at radius 2 is 1.55 bits per heavy atom. The van der Waals surface area contributed by atoms with E-state index < -0.39 is 0 Å². The molecule has 1 amide bonds. The predicted octanol–water partition coefficient (Wildman–Crippen LogP) is 3.02. The Morgan fingerprint density at radius 3 is 2.27 bits per heavy atom. The van der Waals surface area contributed by atoms with E-state index in [4.69, 9.17) is 0 Å². The zero-order chi connectivity index (χ0) is 15.4. The van der Waals surface area contributed by atoms with Crippen molar-refractivity contribution in [3.63, 3.8) is 0 Å². The molecule has 0 aromatic heterocycles. The van der Waals surface area contributed by atoms with Gasteiger partial charge in [0.05, 0.1) is 0 Å². The molecule has 3 nitrogen and oxygen atoms in total. The highest BCUT2D eigenvalue weighted by Crippen LogP contribution is 2.20. The van der Waals surface area contributed by atoms with Crippen LogP contribution in [0, 0.1) is 0 Å². The molecule has 0 unspecified atom stereocenters. The third kappa shape index (κ3) is 3.55. The van der Waals surface area contributed by atoms with E-state index in [-0.39, 0.29) is 5.91 Å². The number of likely N-dealkylation sites (N-methyl/N-ethyl adjacent to an activating group) is 1. The summed E-state index contributed by atoms with van der Waals surface area (Å²) < 4.78 is 0. The van der Waals surface area contributed by atoms with E-state index in [1.807, 2.05) is 18.0 Å². The predicted molar refractivity (Wildman–Crippen MR) is 89.4 cm³/mol. The molecule has 22 heavy (non-hydrogen) atoms. The Kier molecular flexibility index (Phi) is 4.54. The summed E-state index contributed by atoms with van der Waals surface area (Å²) in [4.78, 5) is 15.9. The Balaban J connectivity index is 1.65. The van der Waals surface area contributed by atoms with E-state index in [1.54, 1.807) is 0 Å². The van der Waals surface area contributed by atoms with Crippen LogP contribution >= 0.6 is 0 Å². The van der Waals surface area contributed by atoms with Gasteiger partial charge in [-0.05, 0) is 16.7 Å². The first kappa shape index (κ1) is 14.8. The van der Waals surface area contributed by atoms with Gasteiger partial charge >= 0.3 is 0 Å². The van der Waals surface area contributed by atoms with Crippen LogP contribution in [0.15, 0.2) is 54.6 Å². The van der Waals surface area contributed by atoms with Gasteiger partial charge in [-0.2, -0.15) is 0 Å². The highest BCUT2D eigenvalue weighted by atomic mass is 16.2. The maximum atomic E-state index is 11.7. The van der Waals surface area contributed by atoms with E-state index in [0.29, 0.717) is 6.42 Å². The van der Waals surface area contributed by atoms with Gasteiger partial charge in [0.1, 0.15) is 0 Å². The van der Waals surface area contributed by atoms with Crippen molar-refractivity contribution in [2.45, 2.75) is 13.0 Å². The fraction of sp³-hybridized carbons (Fsp3) is 0.316. The highest BCUT2D eigenvalue weighted by Gasteiger charge is 2.17. The Bertz CT molecular complexity index is 622. The summed E-state index contributed by atoms with van der Waals surface area (Å²) in [6.07, 6.45) is 0.624. The second-order valence-electron chi connectivity index (χ2n) is 5.90. The molecule has 1 aliphatic rings. The van der Waals surface area contributed by atoms with Gasteiger partial charge in [0, 0.05) is 39.6 Å². The van der Waals surface area contributed by atoms with E-state index in [1.165, 1.54) is 16.7 Å². The van der Waals surface area contributed by atoms with E-state index in [9.17, 15) is 4.79 Å². The maximum Gasteiger partial charge on any atom is 0.223 e. The van der Waals surface area contributed by atoms with Gasteiger partial charge < -0.3 is 4.90 Å². The van der Waals surface area contributed by atoms with Crippen LogP contribution in [0.3, 0.4) is 0 Å². The molecule has 0 saturated carbocycles. The lowest BCUT2D eigenvalue weighted by atomic mass is 10.0. The van der Waals surface area contributed by atoms with Crippen molar-refractivity contribution in [2.24, 2.45) is 0 Å². The van der Waals surface area contributed by atoms with Crippen LogP contribution in [0.2, 0.25) is 0 Å². The van der Waals surface area contributed by atoms with Crippen molar-refractivity contribution in [1.82, 2.24) is 9.80 Å². The molecule has 1 aliphatic heterocycles. The van der Waals surface area contributed by atoms with Gasteiger partial charge in [0.25, 0.3) is 0 Å². The first-order chi connectivity index (χ1) is 10.7. The first-order valence-electron chi connectivity index (χ1n) is 7.83. The number of hydrogen-bond acceptors (Lipinski definition) is 2. The summed E-state index contributed by atoms with van der Waals surface area (Å²) in [5, 5.41) is 0. The van der Waals surface area contributed by atoms with Crippen LogP contribution in [0.4, 0.5) is 0 Å². The quantitative estimate of drug-likeness (QED) is 0.869. The second-order valence-corrected chi connectivity index (χ2v) is 5.90. The fourth-order valence-electron chi connectivity index (χ4n) is 2.82. The molecule has 1 saturated heterocycles. The number of carbonyl (C=O) groups is 1. The van der Waals surface area contributed by atoms with E-state index >= 15 is 0 Å². The minimum atomic E-state index is 0.252. The number of carbonyl (C=O) groups excluding carboxylic acids is 1. The summed E-state index contributed by atoms with van der Waals surface area (Å²) in [6, 6.07) is 19.2. The number of benzene rings is 2. The summed E-state index contributed by atoms with van der Waals surface area (Å²) >= 11 is 0. The van der Waals surface area contributed by atoms with Crippen LogP contribution in [0.25, 0.3) is 11.1 Å². The molecule has 2 aromatic rings. The SMILES string of the molecule is CN1CCN(Cc2ccc(-c3ccccc3)cc2)CCC1=O. The van der Waals surface area contributed by atoms with Gasteiger partial charge in [-0.15, -0.1) is 0 Å². The third-order valence-corrected chi connectivity index (χ3v) is 4.29. The molecule has 0 bridgehead atoms. The summed E-state index contributed by atoms with van der Waals surface area (Å²) in [5.41, 5.74) is 3.79. The monoisotopic (exact) mass is 294 g/mol. The lowest BCUT2D eigenvalue weighted by Gasteiger charge is -2.20. The molecule has 0 atom stereocenters. The van der Waals surface area contributed by atoms with Gasteiger partial charge in [-0.25, -0.2) is 0 Å². The average molecular weight is 294 g/mol. The number of rotatable bonds is 3. The fourth-order valence-corrected chi connectivity index (χ4v) is 2.82. The summed E-state index contributed by atoms with van der Waals surface area (Å²) in [7, 11) is 1.89. The van der Waals surface area contributed by atoms with Crippen LogP contribution in [0.5, 0.6) is 0 Å².